The minimum atomic E-state index is 0.144. The van der Waals surface area contributed by atoms with Gasteiger partial charge in [0.2, 0.25) is 0 Å². The van der Waals surface area contributed by atoms with Crippen molar-refractivity contribution < 1.29 is 4.79 Å². The van der Waals surface area contributed by atoms with Gasteiger partial charge >= 0.3 is 0 Å². The Morgan fingerprint density at radius 3 is 3.06 bits per heavy atom. The van der Waals surface area contributed by atoms with Crippen LogP contribution in [0.3, 0.4) is 0 Å². The molecule has 1 aromatic rings. The SMILES string of the molecule is CC(N)C1CCCN(C(=O)c2cc(Br)cs2)C1. The molecule has 2 unspecified atom stereocenters. The summed E-state index contributed by atoms with van der Waals surface area (Å²) >= 11 is 4.87. The molecule has 1 aromatic heterocycles. The maximum absolute atomic E-state index is 12.3. The van der Waals surface area contributed by atoms with Gasteiger partial charge in [-0.05, 0) is 47.7 Å². The fourth-order valence-electron chi connectivity index (χ4n) is 2.20. The summed E-state index contributed by atoms with van der Waals surface area (Å²) in [5.41, 5.74) is 5.93. The van der Waals surface area contributed by atoms with Gasteiger partial charge in [0.15, 0.2) is 0 Å². The molecule has 3 nitrogen and oxygen atoms in total. The van der Waals surface area contributed by atoms with Crippen molar-refractivity contribution in [3.63, 3.8) is 0 Å². The van der Waals surface area contributed by atoms with Crippen LogP contribution < -0.4 is 5.73 Å². The quantitative estimate of drug-likeness (QED) is 0.911. The molecular formula is C12H17BrN2OS. The van der Waals surface area contributed by atoms with Crippen molar-refractivity contribution in [1.82, 2.24) is 4.90 Å². The molecule has 2 rings (SSSR count). The number of nitrogens with zero attached hydrogens (tertiary/aromatic N) is 1. The van der Waals surface area contributed by atoms with Crippen molar-refractivity contribution in [1.29, 1.82) is 0 Å². The van der Waals surface area contributed by atoms with Crippen LogP contribution in [0.5, 0.6) is 0 Å². The van der Waals surface area contributed by atoms with E-state index in [-0.39, 0.29) is 11.9 Å². The fraction of sp³-hybridized carbons (Fsp3) is 0.583. The standard InChI is InChI=1S/C12H17BrN2OS/c1-8(14)9-3-2-4-15(6-9)12(16)11-5-10(13)7-17-11/h5,7-9H,2-4,6,14H2,1H3. The second-order valence-electron chi connectivity index (χ2n) is 4.64. The predicted octanol–water partition coefficient (Wildman–Crippen LogP) is 2.71. The number of halogens is 1. The number of amides is 1. The topological polar surface area (TPSA) is 46.3 Å². The van der Waals surface area contributed by atoms with E-state index in [2.05, 4.69) is 15.9 Å². The molecule has 0 aliphatic carbocycles. The molecule has 0 radical (unpaired) electrons. The van der Waals surface area contributed by atoms with Crippen LogP contribution in [-0.4, -0.2) is 29.9 Å². The molecule has 17 heavy (non-hydrogen) atoms. The van der Waals surface area contributed by atoms with E-state index < -0.39 is 0 Å². The lowest BCUT2D eigenvalue weighted by Crippen LogP contribution is -2.44. The smallest absolute Gasteiger partial charge is 0.263 e. The van der Waals surface area contributed by atoms with Gasteiger partial charge in [-0.3, -0.25) is 4.79 Å². The maximum atomic E-state index is 12.3. The van der Waals surface area contributed by atoms with E-state index in [1.54, 1.807) is 0 Å². The molecule has 2 N–H and O–H groups in total. The van der Waals surface area contributed by atoms with Gasteiger partial charge in [0.25, 0.3) is 5.91 Å². The van der Waals surface area contributed by atoms with Gasteiger partial charge in [0.1, 0.15) is 0 Å². The molecule has 2 heterocycles. The molecule has 1 amide bonds. The van der Waals surface area contributed by atoms with E-state index in [4.69, 9.17) is 5.73 Å². The molecule has 5 heteroatoms. The van der Waals surface area contributed by atoms with Crippen molar-refractivity contribution >= 4 is 33.2 Å². The monoisotopic (exact) mass is 316 g/mol. The molecule has 0 spiro atoms. The summed E-state index contributed by atoms with van der Waals surface area (Å²) in [6, 6.07) is 2.06. The molecule has 1 fully saturated rings. The van der Waals surface area contributed by atoms with Crippen molar-refractivity contribution in [2.24, 2.45) is 11.7 Å². The van der Waals surface area contributed by atoms with Crippen LogP contribution in [0.15, 0.2) is 15.9 Å². The summed E-state index contributed by atoms with van der Waals surface area (Å²) in [6.45, 7) is 3.68. The molecule has 0 aromatic carbocycles. The Hall–Kier alpha value is -0.390. The Bertz CT molecular complexity index is 405. The molecule has 0 saturated carbocycles. The van der Waals surface area contributed by atoms with E-state index in [9.17, 15) is 4.79 Å². The van der Waals surface area contributed by atoms with Crippen LogP contribution in [0.1, 0.15) is 29.4 Å². The molecule has 1 saturated heterocycles. The Labute approximate surface area is 114 Å². The van der Waals surface area contributed by atoms with Crippen molar-refractivity contribution in [2.45, 2.75) is 25.8 Å². The van der Waals surface area contributed by atoms with Gasteiger partial charge in [-0.25, -0.2) is 0 Å². The minimum absolute atomic E-state index is 0.144. The van der Waals surface area contributed by atoms with Gasteiger partial charge in [-0.15, -0.1) is 11.3 Å². The average molecular weight is 317 g/mol. The third kappa shape index (κ3) is 3.09. The number of rotatable bonds is 2. The Morgan fingerprint density at radius 1 is 1.71 bits per heavy atom. The van der Waals surface area contributed by atoms with Gasteiger partial charge in [-0.1, -0.05) is 0 Å². The third-order valence-corrected chi connectivity index (χ3v) is 4.95. The molecule has 1 aliphatic rings. The van der Waals surface area contributed by atoms with Crippen LogP contribution in [0.25, 0.3) is 0 Å². The first-order chi connectivity index (χ1) is 8.08. The molecule has 2 atom stereocenters. The number of piperidine rings is 1. The molecule has 94 valence electrons. The highest BCUT2D eigenvalue weighted by Gasteiger charge is 2.26. The number of thiophene rings is 1. The first-order valence-electron chi connectivity index (χ1n) is 5.87. The predicted molar refractivity (Wildman–Crippen MR) is 74.3 cm³/mol. The lowest BCUT2D eigenvalue weighted by atomic mass is 9.92. The van der Waals surface area contributed by atoms with Gasteiger partial charge in [0, 0.05) is 29.0 Å². The Balaban J connectivity index is 2.04. The van der Waals surface area contributed by atoms with Crippen molar-refractivity contribution in [3.05, 3.63) is 20.8 Å². The first-order valence-corrected chi connectivity index (χ1v) is 7.54. The lowest BCUT2D eigenvalue weighted by molar-refractivity contribution is 0.0666. The van der Waals surface area contributed by atoms with Crippen molar-refractivity contribution in [3.8, 4) is 0 Å². The summed E-state index contributed by atoms with van der Waals surface area (Å²) in [5, 5.41) is 1.94. The van der Waals surface area contributed by atoms with Gasteiger partial charge in [-0.2, -0.15) is 0 Å². The summed E-state index contributed by atoms with van der Waals surface area (Å²) in [6.07, 6.45) is 2.19. The zero-order chi connectivity index (χ0) is 12.4. The Kier molecular flexibility index (Phi) is 4.22. The summed E-state index contributed by atoms with van der Waals surface area (Å²) in [5.74, 6) is 0.585. The minimum Gasteiger partial charge on any atom is -0.338 e. The number of likely N-dealkylation sites (tertiary alicyclic amines) is 1. The van der Waals surface area contributed by atoms with E-state index in [0.29, 0.717) is 5.92 Å². The largest absolute Gasteiger partial charge is 0.338 e. The van der Waals surface area contributed by atoms with E-state index in [1.165, 1.54) is 11.3 Å². The number of nitrogens with two attached hydrogens (primary N) is 1. The van der Waals surface area contributed by atoms with Crippen LogP contribution in [0, 0.1) is 5.92 Å². The first kappa shape index (κ1) is 13.1. The zero-order valence-electron chi connectivity index (χ0n) is 9.86. The fourth-order valence-corrected chi connectivity index (χ4v) is 3.60. The lowest BCUT2D eigenvalue weighted by Gasteiger charge is -2.34. The van der Waals surface area contributed by atoms with E-state index >= 15 is 0 Å². The van der Waals surface area contributed by atoms with Gasteiger partial charge < -0.3 is 10.6 Å². The highest BCUT2D eigenvalue weighted by Crippen LogP contribution is 2.24. The highest BCUT2D eigenvalue weighted by molar-refractivity contribution is 9.10. The second kappa shape index (κ2) is 5.50. The molecule has 0 bridgehead atoms. The van der Waals surface area contributed by atoms with Crippen LogP contribution >= 0.6 is 27.3 Å². The third-order valence-electron chi connectivity index (χ3n) is 3.27. The average Bonchev–Trinajstić information content (AvgIpc) is 2.75. The second-order valence-corrected chi connectivity index (χ2v) is 6.47. The van der Waals surface area contributed by atoms with Crippen molar-refractivity contribution in [2.75, 3.05) is 13.1 Å². The highest BCUT2D eigenvalue weighted by atomic mass is 79.9. The summed E-state index contributed by atoms with van der Waals surface area (Å²) < 4.78 is 0.978. The number of carbonyl (C=O) groups excluding carboxylic acids is 1. The molecule has 1 aliphatic heterocycles. The van der Waals surface area contributed by atoms with E-state index in [0.717, 1.165) is 35.3 Å². The van der Waals surface area contributed by atoms with Gasteiger partial charge in [0.05, 0.1) is 4.88 Å². The number of hydrogen-bond donors (Lipinski definition) is 1. The van der Waals surface area contributed by atoms with Crippen LogP contribution in [0.2, 0.25) is 0 Å². The summed E-state index contributed by atoms with van der Waals surface area (Å²) in [4.78, 5) is 15.0. The Morgan fingerprint density at radius 2 is 2.47 bits per heavy atom. The van der Waals surface area contributed by atoms with E-state index in [1.807, 2.05) is 23.3 Å². The number of carbonyl (C=O) groups is 1. The summed E-state index contributed by atoms with van der Waals surface area (Å²) in [7, 11) is 0. The van der Waals surface area contributed by atoms with Crippen LogP contribution in [0.4, 0.5) is 0 Å². The number of hydrogen-bond acceptors (Lipinski definition) is 3. The van der Waals surface area contributed by atoms with Crippen LogP contribution in [-0.2, 0) is 0 Å². The maximum Gasteiger partial charge on any atom is 0.263 e. The molecular weight excluding hydrogens is 300 g/mol. The zero-order valence-corrected chi connectivity index (χ0v) is 12.3. The normalized spacial score (nSPS) is 22.5.